The van der Waals surface area contributed by atoms with Crippen LogP contribution >= 0.6 is 0 Å². The molecule has 1 aliphatic heterocycles. The molecular formula is C6H11F2NO. The minimum Gasteiger partial charge on any atom is -0.396 e. The first-order chi connectivity index (χ1) is 4.67. The Morgan fingerprint density at radius 2 is 2.30 bits per heavy atom. The minimum atomic E-state index is -2.72. The quantitative estimate of drug-likeness (QED) is 0.562. The van der Waals surface area contributed by atoms with Gasteiger partial charge in [-0.1, -0.05) is 0 Å². The molecule has 4 heteroatoms. The summed E-state index contributed by atoms with van der Waals surface area (Å²) in [6.45, 7) is -0.117. The molecule has 0 amide bonds. The highest BCUT2D eigenvalue weighted by atomic mass is 19.3. The molecule has 1 fully saturated rings. The normalized spacial score (nSPS) is 32.1. The molecule has 0 aromatic heterocycles. The number of piperidine rings is 1. The highest BCUT2D eigenvalue weighted by Crippen LogP contribution is 2.28. The summed E-state index contributed by atoms with van der Waals surface area (Å²) in [5.74, 6) is -3.55. The molecule has 10 heavy (non-hydrogen) atoms. The van der Waals surface area contributed by atoms with E-state index in [1.807, 2.05) is 0 Å². The van der Waals surface area contributed by atoms with Gasteiger partial charge in [-0.3, -0.25) is 0 Å². The van der Waals surface area contributed by atoms with Crippen LogP contribution in [0.5, 0.6) is 0 Å². The number of aliphatic hydroxyl groups excluding tert-OH is 1. The van der Waals surface area contributed by atoms with Crippen molar-refractivity contribution in [1.82, 2.24) is 5.32 Å². The fraction of sp³-hybridized carbons (Fsp3) is 1.00. The van der Waals surface area contributed by atoms with Gasteiger partial charge >= 0.3 is 0 Å². The number of aliphatic hydroxyl groups is 1. The van der Waals surface area contributed by atoms with Gasteiger partial charge in [-0.2, -0.15) is 0 Å². The van der Waals surface area contributed by atoms with Crippen molar-refractivity contribution in [2.24, 2.45) is 5.92 Å². The average molecular weight is 151 g/mol. The SMILES string of the molecule is OC[C@@H]1CCNCC1(F)F. The third kappa shape index (κ3) is 1.44. The molecule has 0 aliphatic carbocycles. The summed E-state index contributed by atoms with van der Waals surface area (Å²) < 4.78 is 25.3. The van der Waals surface area contributed by atoms with E-state index < -0.39 is 18.4 Å². The van der Waals surface area contributed by atoms with Gasteiger partial charge in [0.15, 0.2) is 0 Å². The van der Waals surface area contributed by atoms with Crippen molar-refractivity contribution >= 4 is 0 Å². The van der Waals surface area contributed by atoms with Gasteiger partial charge in [0.1, 0.15) is 0 Å². The predicted molar refractivity (Wildman–Crippen MR) is 33.0 cm³/mol. The number of rotatable bonds is 1. The molecule has 0 aromatic rings. The van der Waals surface area contributed by atoms with Crippen LogP contribution in [-0.4, -0.2) is 30.7 Å². The first-order valence-corrected chi connectivity index (χ1v) is 3.36. The van der Waals surface area contributed by atoms with Gasteiger partial charge in [-0.15, -0.1) is 0 Å². The Bertz CT molecular complexity index is 118. The standard InChI is InChI=1S/C6H11F2NO/c7-6(8)4-9-2-1-5(6)3-10/h5,9-10H,1-4H2/t5-/m0/s1. The highest BCUT2D eigenvalue weighted by molar-refractivity contribution is 4.83. The lowest BCUT2D eigenvalue weighted by Gasteiger charge is -2.30. The summed E-state index contributed by atoms with van der Waals surface area (Å²) in [4.78, 5) is 0. The van der Waals surface area contributed by atoms with Gasteiger partial charge in [0.25, 0.3) is 5.92 Å². The van der Waals surface area contributed by atoms with Gasteiger partial charge in [-0.05, 0) is 13.0 Å². The summed E-state index contributed by atoms with van der Waals surface area (Å²) in [6, 6.07) is 0. The molecular weight excluding hydrogens is 140 g/mol. The van der Waals surface area contributed by atoms with Crippen LogP contribution in [0.4, 0.5) is 8.78 Å². The van der Waals surface area contributed by atoms with Gasteiger partial charge < -0.3 is 10.4 Å². The summed E-state index contributed by atoms with van der Waals surface area (Å²) in [5.41, 5.74) is 0. The Morgan fingerprint density at radius 1 is 1.60 bits per heavy atom. The molecule has 0 radical (unpaired) electrons. The molecule has 0 unspecified atom stereocenters. The van der Waals surface area contributed by atoms with E-state index in [2.05, 4.69) is 5.32 Å². The van der Waals surface area contributed by atoms with Crippen molar-refractivity contribution in [2.75, 3.05) is 19.7 Å². The van der Waals surface area contributed by atoms with Crippen molar-refractivity contribution in [1.29, 1.82) is 0 Å². The lowest BCUT2D eigenvalue weighted by Crippen LogP contribution is -2.47. The molecule has 1 saturated heterocycles. The van der Waals surface area contributed by atoms with Crippen molar-refractivity contribution in [3.8, 4) is 0 Å². The van der Waals surface area contributed by atoms with Crippen LogP contribution in [0.3, 0.4) is 0 Å². The minimum absolute atomic E-state index is 0.293. The zero-order chi connectivity index (χ0) is 7.61. The Kier molecular flexibility index (Phi) is 2.21. The van der Waals surface area contributed by atoms with E-state index in [0.717, 1.165) is 0 Å². The van der Waals surface area contributed by atoms with Crippen molar-refractivity contribution in [3.05, 3.63) is 0 Å². The van der Waals surface area contributed by atoms with Crippen LogP contribution in [0.15, 0.2) is 0 Å². The van der Waals surface area contributed by atoms with E-state index in [9.17, 15) is 8.78 Å². The van der Waals surface area contributed by atoms with Crippen molar-refractivity contribution < 1.29 is 13.9 Å². The third-order valence-electron chi connectivity index (χ3n) is 1.85. The Balaban J connectivity index is 2.51. The molecule has 0 bridgehead atoms. The fourth-order valence-electron chi connectivity index (χ4n) is 1.11. The monoisotopic (exact) mass is 151 g/mol. The molecule has 0 aromatic carbocycles. The van der Waals surface area contributed by atoms with E-state index in [0.29, 0.717) is 13.0 Å². The number of nitrogens with one attached hydrogen (secondary N) is 1. The average Bonchev–Trinajstić information content (AvgIpc) is 1.87. The largest absolute Gasteiger partial charge is 0.396 e. The third-order valence-corrected chi connectivity index (χ3v) is 1.85. The van der Waals surface area contributed by atoms with E-state index in [-0.39, 0.29) is 6.54 Å². The molecule has 1 heterocycles. The lowest BCUT2D eigenvalue weighted by molar-refractivity contribution is -0.0896. The molecule has 2 nitrogen and oxygen atoms in total. The van der Waals surface area contributed by atoms with Gasteiger partial charge in [0.2, 0.25) is 0 Å². The lowest BCUT2D eigenvalue weighted by atomic mass is 9.95. The zero-order valence-electron chi connectivity index (χ0n) is 5.61. The summed E-state index contributed by atoms with van der Waals surface area (Å²) in [5, 5.41) is 11.1. The highest BCUT2D eigenvalue weighted by Gasteiger charge is 2.40. The van der Waals surface area contributed by atoms with E-state index >= 15 is 0 Å². The molecule has 0 spiro atoms. The predicted octanol–water partition coefficient (Wildman–Crippen LogP) is 0.224. The van der Waals surface area contributed by atoms with Crippen LogP contribution < -0.4 is 5.32 Å². The van der Waals surface area contributed by atoms with Crippen molar-refractivity contribution in [3.63, 3.8) is 0 Å². The maximum absolute atomic E-state index is 12.6. The first kappa shape index (κ1) is 7.88. The molecule has 1 atom stereocenters. The van der Waals surface area contributed by atoms with Gasteiger partial charge in [0.05, 0.1) is 13.2 Å². The second-order valence-corrected chi connectivity index (χ2v) is 2.61. The first-order valence-electron chi connectivity index (χ1n) is 3.36. The molecule has 2 N–H and O–H groups in total. The Hall–Kier alpha value is -0.220. The van der Waals surface area contributed by atoms with Gasteiger partial charge in [0, 0.05) is 5.92 Å². The molecule has 1 rings (SSSR count). The number of halogens is 2. The maximum Gasteiger partial charge on any atom is 0.265 e. The molecule has 1 aliphatic rings. The Labute approximate surface area is 58.2 Å². The van der Waals surface area contributed by atoms with E-state index in [1.165, 1.54) is 0 Å². The maximum atomic E-state index is 12.6. The van der Waals surface area contributed by atoms with Crippen LogP contribution in [0.2, 0.25) is 0 Å². The van der Waals surface area contributed by atoms with Gasteiger partial charge in [-0.25, -0.2) is 8.78 Å². The number of hydrogen-bond acceptors (Lipinski definition) is 2. The Morgan fingerprint density at radius 3 is 2.70 bits per heavy atom. The number of hydrogen-bond donors (Lipinski definition) is 2. The van der Waals surface area contributed by atoms with Crippen LogP contribution in [-0.2, 0) is 0 Å². The fourth-order valence-corrected chi connectivity index (χ4v) is 1.11. The summed E-state index contributed by atoms with van der Waals surface area (Å²) in [6.07, 6.45) is 0.365. The molecule has 0 saturated carbocycles. The summed E-state index contributed by atoms with van der Waals surface area (Å²) in [7, 11) is 0. The second kappa shape index (κ2) is 2.80. The van der Waals surface area contributed by atoms with Crippen LogP contribution in [0.25, 0.3) is 0 Å². The smallest absolute Gasteiger partial charge is 0.265 e. The summed E-state index contributed by atoms with van der Waals surface area (Å²) >= 11 is 0. The van der Waals surface area contributed by atoms with E-state index in [4.69, 9.17) is 5.11 Å². The topological polar surface area (TPSA) is 32.3 Å². The van der Waals surface area contributed by atoms with Crippen LogP contribution in [0, 0.1) is 5.92 Å². The molecule has 60 valence electrons. The zero-order valence-corrected chi connectivity index (χ0v) is 5.61. The van der Waals surface area contributed by atoms with Crippen LogP contribution in [0.1, 0.15) is 6.42 Å². The van der Waals surface area contributed by atoms with E-state index in [1.54, 1.807) is 0 Å². The number of alkyl halides is 2. The van der Waals surface area contributed by atoms with Crippen molar-refractivity contribution in [2.45, 2.75) is 12.3 Å². The second-order valence-electron chi connectivity index (χ2n) is 2.61.